The number of hydrogen-bond acceptors (Lipinski definition) is 6. The SMILES string of the molecule is [N-]=[N+]=N[C@H]1C[C@@H](n2cc(CO)c(=O)[nH]c2=O)O[C@@H]1CO. The summed E-state index contributed by atoms with van der Waals surface area (Å²) in [5.41, 5.74) is 7.09. The van der Waals surface area contributed by atoms with E-state index in [4.69, 9.17) is 20.5 Å². The summed E-state index contributed by atoms with van der Waals surface area (Å²) in [6.45, 7) is -0.878. The standard InChI is InChI=1S/C10H13N5O5/c11-14-13-6-1-8(20-7(6)4-17)15-2-5(3-16)9(18)12-10(15)19/h2,6-8,16-17H,1,3-4H2,(H,12,18,19)/t6-,7+,8-/m0/s1. The first-order valence-electron chi connectivity index (χ1n) is 5.86. The van der Waals surface area contributed by atoms with Gasteiger partial charge in [0.15, 0.2) is 0 Å². The maximum atomic E-state index is 11.7. The Kier molecular flexibility index (Phi) is 4.20. The molecule has 1 aliphatic rings. The van der Waals surface area contributed by atoms with E-state index in [2.05, 4.69) is 15.0 Å². The number of aromatic nitrogens is 2. The number of nitrogens with one attached hydrogen (secondary N) is 1. The predicted molar refractivity (Wildman–Crippen MR) is 65.8 cm³/mol. The molecule has 0 aliphatic carbocycles. The van der Waals surface area contributed by atoms with Gasteiger partial charge in [-0.2, -0.15) is 0 Å². The molecule has 20 heavy (non-hydrogen) atoms. The third kappa shape index (κ3) is 2.58. The molecule has 3 atom stereocenters. The number of hydrogen-bond donors (Lipinski definition) is 3. The van der Waals surface area contributed by atoms with Gasteiger partial charge in [-0.15, -0.1) is 0 Å². The number of rotatable bonds is 4. The van der Waals surface area contributed by atoms with Crippen LogP contribution in [-0.2, 0) is 11.3 Å². The second-order valence-corrected chi connectivity index (χ2v) is 4.30. The van der Waals surface area contributed by atoms with Crippen molar-refractivity contribution in [1.29, 1.82) is 0 Å². The number of azide groups is 1. The molecule has 10 heteroatoms. The molecule has 2 heterocycles. The van der Waals surface area contributed by atoms with E-state index in [1.165, 1.54) is 6.20 Å². The summed E-state index contributed by atoms with van der Waals surface area (Å²) < 4.78 is 6.53. The Bertz CT molecular complexity index is 646. The summed E-state index contributed by atoms with van der Waals surface area (Å²) in [5.74, 6) is 0. The summed E-state index contributed by atoms with van der Waals surface area (Å²) in [6.07, 6.45) is -0.116. The van der Waals surface area contributed by atoms with Gasteiger partial charge in [0.1, 0.15) is 6.23 Å². The summed E-state index contributed by atoms with van der Waals surface area (Å²) in [4.78, 5) is 27.8. The predicted octanol–water partition coefficient (Wildman–Crippen LogP) is -1.01. The van der Waals surface area contributed by atoms with Crippen molar-refractivity contribution in [2.24, 2.45) is 5.11 Å². The Morgan fingerprint density at radius 1 is 1.55 bits per heavy atom. The van der Waals surface area contributed by atoms with Gasteiger partial charge in [-0.1, -0.05) is 5.11 Å². The lowest BCUT2D eigenvalue weighted by Gasteiger charge is -2.15. The van der Waals surface area contributed by atoms with Gasteiger partial charge in [-0.25, -0.2) is 4.79 Å². The second-order valence-electron chi connectivity index (χ2n) is 4.30. The molecule has 1 aromatic rings. The van der Waals surface area contributed by atoms with Crippen molar-refractivity contribution in [1.82, 2.24) is 9.55 Å². The highest BCUT2D eigenvalue weighted by Crippen LogP contribution is 2.29. The van der Waals surface area contributed by atoms with Gasteiger partial charge in [-0.3, -0.25) is 14.3 Å². The quantitative estimate of drug-likeness (QED) is 0.367. The third-order valence-corrected chi connectivity index (χ3v) is 3.11. The molecular weight excluding hydrogens is 270 g/mol. The van der Waals surface area contributed by atoms with Crippen molar-refractivity contribution in [2.45, 2.75) is 31.4 Å². The van der Waals surface area contributed by atoms with E-state index < -0.39 is 36.2 Å². The molecule has 1 saturated heterocycles. The van der Waals surface area contributed by atoms with Gasteiger partial charge >= 0.3 is 5.69 Å². The zero-order valence-electron chi connectivity index (χ0n) is 10.3. The molecule has 0 saturated carbocycles. The number of H-pyrrole nitrogens is 1. The van der Waals surface area contributed by atoms with Crippen LogP contribution < -0.4 is 11.2 Å². The average Bonchev–Trinajstić information content (AvgIpc) is 2.82. The largest absolute Gasteiger partial charge is 0.394 e. The minimum Gasteiger partial charge on any atom is -0.394 e. The van der Waals surface area contributed by atoms with Crippen molar-refractivity contribution in [3.05, 3.63) is 43.0 Å². The molecule has 0 aromatic carbocycles. The molecular formula is C10H13N5O5. The fraction of sp³-hybridized carbons (Fsp3) is 0.600. The van der Waals surface area contributed by atoms with E-state index in [0.717, 1.165) is 4.57 Å². The molecule has 1 aliphatic heterocycles. The minimum absolute atomic E-state index is 0.0148. The smallest absolute Gasteiger partial charge is 0.330 e. The molecule has 2 rings (SSSR count). The van der Waals surface area contributed by atoms with Gasteiger partial charge in [0, 0.05) is 17.5 Å². The van der Waals surface area contributed by atoms with Crippen LogP contribution in [0.15, 0.2) is 20.9 Å². The van der Waals surface area contributed by atoms with E-state index in [-0.39, 0.29) is 18.6 Å². The monoisotopic (exact) mass is 283 g/mol. The van der Waals surface area contributed by atoms with Crippen LogP contribution in [0.25, 0.3) is 10.4 Å². The van der Waals surface area contributed by atoms with Gasteiger partial charge in [0.2, 0.25) is 0 Å². The Morgan fingerprint density at radius 2 is 2.30 bits per heavy atom. The number of aromatic amines is 1. The average molecular weight is 283 g/mol. The number of aliphatic hydroxyl groups is 2. The van der Waals surface area contributed by atoms with E-state index in [1.807, 2.05) is 0 Å². The summed E-state index contributed by atoms with van der Waals surface area (Å²) in [5, 5.41) is 21.7. The third-order valence-electron chi connectivity index (χ3n) is 3.11. The fourth-order valence-electron chi connectivity index (χ4n) is 2.09. The number of nitrogens with zero attached hydrogens (tertiary/aromatic N) is 4. The van der Waals surface area contributed by atoms with Crippen LogP contribution in [0.4, 0.5) is 0 Å². The van der Waals surface area contributed by atoms with Crippen LogP contribution in [0.2, 0.25) is 0 Å². The van der Waals surface area contributed by atoms with E-state index in [0.29, 0.717) is 0 Å². The second kappa shape index (κ2) is 5.88. The van der Waals surface area contributed by atoms with Crippen LogP contribution in [0.5, 0.6) is 0 Å². The van der Waals surface area contributed by atoms with Crippen molar-refractivity contribution in [2.75, 3.05) is 6.61 Å². The lowest BCUT2D eigenvalue weighted by atomic mass is 10.1. The Hall–Kier alpha value is -2.13. The lowest BCUT2D eigenvalue weighted by Crippen LogP contribution is -2.34. The summed E-state index contributed by atoms with van der Waals surface area (Å²) in [7, 11) is 0. The molecule has 108 valence electrons. The minimum atomic E-state index is -0.780. The normalized spacial score (nSPS) is 25.4. The molecule has 1 fully saturated rings. The molecule has 0 bridgehead atoms. The zero-order chi connectivity index (χ0) is 14.7. The number of ether oxygens (including phenoxy) is 1. The van der Waals surface area contributed by atoms with Crippen LogP contribution >= 0.6 is 0 Å². The molecule has 10 nitrogen and oxygen atoms in total. The highest BCUT2D eigenvalue weighted by atomic mass is 16.5. The van der Waals surface area contributed by atoms with Crippen LogP contribution in [0.1, 0.15) is 18.2 Å². The highest BCUT2D eigenvalue weighted by molar-refractivity contribution is 5.04. The van der Waals surface area contributed by atoms with Crippen molar-refractivity contribution in [3.8, 4) is 0 Å². The molecule has 0 radical (unpaired) electrons. The number of aliphatic hydroxyl groups excluding tert-OH is 2. The van der Waals surface area contributed by atoms with E-state index in [9.17, 15) is 9.59 Å². The first-order valence-corrected chi connectivity index (χ1v) is 5.86. The fourth-order valence-corrected chi connectivity index (χ4v) is 2.09. The van der Waals surface area contributed by atoms with Crippen LogP contribution in [-0.4, -0.2) is 38.5 Å². The molecule has 3 N–H and O–H groups in total. The lowest BCUT2D eigenvalue weighted by molar-refractivity contribution is -0.0272. The van der Waals surface area contributed by atoms with Gasteiger partial charge in [-0.05, 0) is 5.53 Å². The van der Waals surface area contributed by atoms with Gasteiger partial charge in [0.25, 0.3) is 5.56 Å². The highest BCUT2D eigenvalue weighted by Gasteiger charge is 2.35. The Balaban J connectivity index is 2.36. The molecule has 0 unspecified atom stereocenters. The summed E-state index contributed by atoms with van der Waals surface area (Å²) >= 11 is 0. The van der Waals surface area contributed by atoms with E-state index >= 15 is 0 Å². The Morgan fingerprint density at radius 3 is 2.90 bits per heavy atom. The first-order chi connectivity index (χ1) is 9.60. The van der Waals surface area contributed by atoms with Crippen molar-refractivity contribution >= 4 is 0 Å². The Labute approximate surface area is 111 Å². The summed E-state index contributed by atoms with van der Waals surface area (Å²) in [6, 6.07) is -0.605. The molecule has 0 amide bonds. The zero-order valence-corrected chi connectivity index (χ0v) is 10.3. The van der Waals surface area contributed by atoms with Crippen LogP contribution in [0.3, 0.4) is 0 Å². The van der Waals surface area contributed by atoms with Crippen molar-refractivity contribution in [3.63, 3.8) is 0 Å². The topological polar surface area (TPSA) is 153 Å². The first kappa shape index (κ1) is 14.3. The molecule has 1 aromatic heterocycles. The van der Waals surface area contributed by atoms with E-state index in [1.54, 1.807) is 0 Å². The van der Waals surface area contributed by atoms with Crippen LogP contribution in [0, 0.1) is 0 Å². The van der Waals surface area contributed by atoms with Gasteiger partial charge in [0.05, 0.1) is 30.9 Å². The maximum absolute atomic E-state index is 11.7. The maximum Gasteiger partial charge on any atom is 0.330 e. The molecule has 0 spiro atoms. The van der Waals surface area contributed by atoms with Gasteiger partial charge < -0.3 is 14.9 Å². The van der Waals surface area contributed by atoms with Crippen molar-refractivity contribution < 1.29 is 14.9 Å².